The highest BCUT2D eigenvalue weighted by Crippen LogP contribution is 2.42. The highest BCUT2D eigenvalue weighted by atomic mass is 16.7. The van der Waals surface area contributed by atoms with Gasteiger partial charge in [-0.3, -0.25) is 24.4 Å². The third kappa shape index (κ3) is 13.6. The number of hydrogen-bond donors (Lipinski definition) is 6. The molecule has 4 amide bonds. The summed E-state index contributed by atoms with van der Waals surface area (Å²) in [5, 5.41) is 57.8. The molecule has 6 N–H and O–H groups in total. The Morgan fingerprint density at radius 1 is 0.542 bits per heavy atom. The van der Waals surface area contributed by atoms with Gasteiger partial charge in [0.2, 0.25) is 0 Å². The molecule has 0 radical (unpaired) electrons. The molecule has 0 bridgehead atoms. The van der Waals surface area contributed by atoms with Gasteiger partial charge in [-0.1, -0.05) is 136 Å². The summed E-state index contributed by atoms with van der Waals surface area (Å²) >= 11 is 0. The molecule has 0 spiro atoms. The van der Waals surface area contributed by atoms with Crippen molar-refractivity contribution in [2.24, 2.45) is 0 Å². The first-order valence-electron chi connectivity index (χ1n) is 23.3. The van der Waals surface area contributed by atoms with E-state index in [0.29, 0.717) is 35.0 Å². The van der Waals surface area contributed by atoms with Gasteiger partial charge in [-0.15, -0.1) is 5.06 Å². The van der Waals surface area contributed by atoms with E-state index in [-0.39, 0.29) is 53.4 Å². The van der Waals surface area contributed by atoms with Gasteiger partial charge in [-0.25, -0.2) is 9.59 Å². The number of hydrogen-bond acceptors (Lipinski definition) is 13. The predicted molar refractivity (Wildman–Crippen MR) is 263 cm³/mol. The van der Waals surface area contributed by atoms with E-state index in [4.69, 9.17) is 25.0 Å². The van der Waals surface area contributed by atoms with Crippen LogP contribution in [0.25, 0.3) is 0 Å². The van der Waals surface area contributed by atoms with Crippen LogP contribution in [0.5, 0.6) is 11.5 Å². The van der Waals surface area contributed by atoms with Crippen molar-refractivity contribution in [3.63, 3.8) is 0 Å². The molecule has 6 aromatic rings. The zero-order chi connectivity index (χ0) is 52.3. The lowest BCUT2D eigenvalue weighted by molar-refractivity contribution is -0.173. The summed E-state index contributed by atoms with van der Waals surface area (Å²) in [5.74, 6) is -3.74. The minimum atomic E-state index is -1.50. The number of aromatic carboxylic acids is 1. The number of carbonyl (C=O) groups excluding carboxylic acids is 5. The van der Waals surface area contributed by atoms with Crippen LogP contribution in [0, 0.1) is 0 Å². The predicted octanol–water partition coefficient (Wildman–Crippen LogP) is 8.40. The van der Waals surface area contributed by atoms with Crippen molar-refractivity contribution in [3.05, 3.63) is 202 Å². The third-order valence-corrected chi connectivity index (χ3v) is 11.5. The number of amides is 4. The fraction of sp³-hybridized carbons (Fsp3) is 0.250. The van der Waals surface area contributed by atoms with Crippen molar-refractivity contribution in [1.29, 1.82) is 0 Å². The van der Waals surface area contributed by atoms with E-state index in [1.54, 1.807) is 78.9 Å². The summed E-state index contributed by atoms with van der Waals surface area (Å²) in [6, 6.07) is 44.8. The molecular formula is C56H58N2O14. The second-order valence-corrected chi connectivity index (χ2v) is 16.5. The van der Waals surface area contributed by atoms with Crippen LogP contribution in [0.1, 0.15) is 119 Å². The van der Waals surface area contributed by atoms with Crippen LogP contribution >= 0.6 is 0 Å². The number of nitrogens with zero attached hydrogens (tertiary/aromatic N) is 2. The molecule has 376 valence electrons. The van der Waals surface area contributed by atoms with E-state index in [2.05, 4.69) is 13.8 Å². The molecule has 2 heterocycles. The van der Waals surface area contributed by atoms with Gasteiger partial charge in [0.15, 0.2) is 0 Å². The Kier molecular flexibility index (Phi) is 20.0. The maximum Gasteiger partial charge on any atom is 0.363 e. The van der Waals surface area contributed by atoms with Crippen molar-refractivity contribution in [1.82, 2.24) is 10.1 Å². The van der Waals surface area contributed by atoms with Crippen LogP contribution in [0.3, 0.4) is 0 Å². The van der Waals surface area contributed by atoms with E-state index in [9.17, 15) is 44.1 Å². The molecule has 2 unspecified atom stereocenters. The molecule has 2 atom stereocenters. The monoisotopic (exact) mass is 982 g/mol. The maximum atomic E-state index is 12.6. The summed E-state index contributed by atoms with van der Waals surface area (Å²) in [7, 11) is 0. The fourth-order valence-electron chi connectivity index (χ4n) is 7.64. The lowest BCUT2D eigenvalue weighted by Crippen LogP contribution is -2.34. The van der Waals surface area contributed by atoms with Crippen LogP contribution in [0.15, 0.2) is 158 Å². The number of carboxylic acid groups (broad SMARTS) is 1. The molecule has 16 nitrogen and oxygen atoms in total. The molecule has 72 heavy (non-hydrogen) atoms. The second kappa shape index (κ2) is 26.3. The Bertz CT molecular complexity index is 2740. The number of aliphatic hydroxyl groups excluding tert-OH is 1. The van der Waals surface area contributed by atoms with Crippen molar-refractivity contribution in [2.45, 2.75) is 76.4 Å². The number of phenols is 2. The fourth-order valence-corrected chi connectivity index (χ4v) is 7.64. The highest BCUT2D eigenvalue weighted by molar-refractivity contribution is 6.03. The van der Waals surface area contributed by atoms with Gasteiger partial charge >= 0.3 is 11.9 Å². The minimum absolute atomic E-state index is 0.0314. The Hall–Kier alpha value is -8.02. The standard InChI is InChI=1S/C28H27NO6.C20H16O4.C4H5NO3.C4H10O/c1-2-3-18-34-28(21-8-5-4-6-9-21,23-10-7-11-24(30)19-23)22-14-12-20(13-15-22)27(33)35-29-25(31)16-17-26(29)32;21-18-8-4-7-17(13-18)20(24,15-5-2-1-3-6-15)16-11-9-14(10-12-16)19(22)23;6-3-1-2-4(7)5(3)8;1-2-3-4-5/h4-15,19,30H,2-3,16-18H2,1H3;1-13,21,24H,(H,22,23);8H,1-2H2;5H,2-4H2,1H3. The first kappa shape index (κ1) is 54.9. The van der Waals surface area contributed by atoms with Crippen LogP contribution in [0.4, 0.5) is 0 Å². The van der Waals surface area contributed by atoms with E-state index >= 15 is 0 Å². The molecule has 8 rings (SSSR count). The molecule has 0 saturated carbocycles. The number of imide groups is 2. The summed E-state index contributed by atoms with van der Waals surface area (Å²) < 4.78 is 6.59. The van der Waals surface area contributed by atoms with E-state index in [1.807, 2.05) is 54.6 Å². The molecule has 2 aliphatic heterocycles. The number of hydroxylamine groups is 4. The molecule has 16 heteroatoms. The summed E-state index contributed by atoms with van der Waals surface area (Å²) in [4.78, 5) is 72.8. The van der Waals surface area contributed by atoms with Crippen LogP contribution in [0.2, 0.25) is 0 Å². The molecular weight excluding hydrogens is 925 g/mol. The SMILES string of the molecule is CCCCO.CCCCOC(c1ccccc1)(c1ccc(C(=O)ON2C(=O)CCC2=O)cc1)c1cccc(O)c1.O=C(O)c1ccc(C(O)(c2ccccc2)c2cccc(O)c2)cc1.O=C1CCC(=O)N1O. The topological polar surface area (TPSA) is 249 Å². The van der Waals surface area contributed by atoms with Crippen LogP contribution in [-0.2, 0) is 40.0 Å². The smallest absolute Gasteiger partial charge is 0.363 e. The van der Waals surface area contributed by atoms with Gasteiger partial charge in [0.25, 0.3) is 23.6 Å². The molecule has 0 aromatic heterocycles. The Balaban J connectivity index is 0.000000222. The normalized spacial score (nSPS) is 14.6. The zero-order valence-electron chi connectivity index (χ0n) is 39.9. The van der Waals surface area contributed by atoms with E-state index in [0.717, 1.165) is 42.4 Å². The number of phenolic OH excluding ortho intramolecular Hbond substituents is 2. The lowest BCUT2D eigenvalue weighted by Gasteiger charge is -2.36. The Labute approximate surface area is 416 Å². The van der Waals surface area contributed by atoms with Crippen molar-refractivity contribution in [2.75, 3.05) is 13.2 Å². The third-order valence-electron chi connectivity index (χ3n) is 11.5. The number of aromatic hydroxyl groups is 2. The van der Waals surface area contributed by atoms with Gasteiger partial charge < -0.3 is 35.1 Å². The number of unbranched alkanes of at least 4 members (excludes halogenated alkanes) is 2. The van der Waals surface area contributed by atoms with Gasteiger partial charge in [0, 0.05) is 38.9 Å². The number of carboxylic acids is 1. The first-order valence-corrected chi connectivity index (χ1v) is 23.3. The molecule has 2 saturated heterocycles. The van der Waals surface area contributed by atoms with Crippen LogP contribution in [-0.4, -0.2) is 89.6 Å². The first-order chi connectivity index (χ1) is 34.6. The largest absolute Gasteiger partial charge is 0.508 e. The summed E-state index contributed by atoms with van der Waals surface area (Å²) in [6.07, 6.45) is 4.19. The van der Waals surface area contributed by atoms with E-state index in [1.165, 1.54) is 24.3 Å². The average molecular weight is 983 g/mol. The van der Waals surface area contributed by atoms with Gasteiger partial charge in [0.1, 0.15) is 22.7 Å². The van der Waals surface area contributed by atoms with Gasteiger partial charge in [-0.2, -0.15) is 5.06 Å². The number of aliphatic hydroxyl groups is 2. The Morgan fingerprint density at radius 3 is 1.43 bits per heavy atom. The number of ether oxygens (including phenoxy) is 1. The van der Waals surface area contributed by atoms with Crippen molar-refractivity contribution >= 4 is 35.6 Å². The lowest BCUT2D eigenvalue weighted by atomic mass is 9.79. The minimum Gasteiger partial charge on any atom is -0.508 e. The summed E-state index contributed by atoms with van der Waals surface area (Å²) in [6.45, 7) is 4.95. The number of rotatable bonds is 15. The van der Waals surface area contributed by atoms with Gasteiger partial charge in [0.05, 0.1) is 11.1 Å². The van der Waals surface area contributed by atoms with E-state index < -0.39 is 46.8 Å². The number of benzene rings is 6. The number of carbonyl (C=O) groups is 6. The van der Waals surface area contributed by atoms with Gasteiger partial charge in [-0.05, 0) is 94.8 Å². The highest BCUT2D eigenvalue weighted by Gasteiger charge is 2.39. The Morgan fingerprint density at radius 2 is 0.972 bits per heavy atom. The molecule has 0 aliphatic carbocycles. The van der Waals surface area contributed by atoms with Crippen molar-refractivity contribution < 1.29 is 69.1 Å². The molecule has 2 fully saturated rings. The van der Waals surface area contributed by atoms with Crippen molar-refractivity contribution in [3.8, 4) is 11.5 Å². The molecule has 6 aromatic carbocycles. The second-order valence-electron chi connectivity index (χ2n) is 16.5. The quantitative estimate of drug-likeness (QED) is 0.0245. The molecule has 2 aliphatic rings. The maximum absolute atomic E-state index is 12.6. The van der Waals surface area contributed by atoms with Crippen LogP contribution < -0.4 is 0 Å². The summed E-state index contributed by atoms with van der Waals surface area (Å²) in [5.41, 5.74) is 1.77. The zero-order valence-corrected chi connectivity index (χ0v) is 39.9. The average Bonchev–Trinajstić information content (AvgIpc) is 3.88.